The first-order valence-electron chi connectivity index (χ1n) is 13.2. The molecule has 14 heteroatoms. The van der Waals surface area contributed by atoms with Crippen molar-refractivity contribution in [2.75, 3.05) is 0 Å². The molecular weight excluding hydrogens is 776 g/mol. The molecule has 0 saturated heterocycles. The van der Waals surface area contributed by atoms with E-state index in [4.69, 9.17) is 19.8 Å². The number of halogens is 3. The molecule has 0 fully saturated rings. The number of carboxylic acid groups (broad SMARTS) is 2. The van der Waals surface area contributed by atoms with E-state index in [1.165, 1.54) is 46.9 Å². The summed E-state index contributed by atoms with van der Waals surface area (Å²) < 4.78 is 14.0. The first-order chi connectivity index (χ1) is 19.9. The molecule has 4 heterocycles. The molecule has 0 saturated carbocycles. The standard InChI is InChI=1S/C24H21N6.C3H6O.2C2H4O2.3BrH/c1-25-16-10-4-7-13-19(16)28-22(25)29-20-14-8-5-11-17(20)26(2)24(29)30-21-15-9-6-12-18(21)27(3)23(28)30;1-3(2)4;2*1-2(3)4;;;/h4-15H,1-3H3;1-2H3;2*1H3,(H,3,4);3*1H/q+3;;;;;;/p-3. The molecule has 7 aromatic rings. The van der Waals surface area contributed by atoms with E-state index >= 15 is 0 Å². The Kier molecular flexibility index (Phi) is 13.8. The highest BCUT2D eigenvalue weighted by atomic mass is 79.9. The molecule has 0 aliphatic carbocycles. The van der Waals surface area contributed by atoms with Gasteiger partial charge in [-0.1, -0.05) is 36.4 Å². The largest absolute Gasteiger partial charge is 1.00 e. The van der Waals surface area contributed by atoms with Crippen LogP contribution in [0, 0.1) is 0 Å². The molecule has 45 heavy (non-hydrogen) atoms. The monoisotopic (exact) mass is 808 g/mol. The van der Waals surface area contributed by atoms with E-state index in [-0.39, 0.29) is 56.7 Å². The van der Waals surface area contributed by atoms with Gasteiger partial charge in [0.25, 0.3) is 11.9 Å². The molecule has 4 aromatic heterocycles. The van der Waals surface area contributed by atoms with E-state index in [1.54, 1.807) is 0 Å². The Hall–Kier alpha value is -3.88. The van der Waals surface area contributed by atoms with E-state index in [1.807, 2.05) is 0 Å². The lowest BCUT2D eigenvalue weighted by Crippen LogP contribution is -3.00. The highest BCUT2D eigenvalue weighted by molar-refractivity contribution is 5.85. The number of benzene rings is 3. The fourth-order valence-electron chi connectivity index (χ4n) is 5.25. The summed E-state index contributed by atoms with van der Waals surface area (Å²) in [6.45, 7) is 5.22. The molecule has 0 bridgehead atoms. The maximum absolute atomic E-state index is 9.44. The number of Topliss-reactive ketones (excluding diaryl/α,β-unsaturated/α-hetero) is 1. The second-order valence-electron chi connectivity index (χ2n) is 10.00. The number of nitrogens with zero attached hydrogens (tertiary/aromatic N) is 6. The van der Waals surface area contributed by atoms with Crippen LogP contribution in [0.3, 0.4) is 0 Å². The third-order valence-electron chi connectivity index (χ3n) is 6.55. The maximum atomic E-state index is 9.44. The number of aromatic nitrogens is 6. The maximum Gasteiger partial charge on any atom is 0.385 e. The van der Waals surface area contributed by atoms with Crippen LogP contribution in [0.15, 0.2) is 72.8 Å². The van der Waals surface area contributed by atoms with Gasteiger partial charge in [0.15, 0.2) is 16.6 Å². The van der Waals surface area contributed by atoms with Gasteiger partial charge < -0.3 is 66.0 Å². The summed E-state index contributed by atoms with van der Waals surface area (Å²) in [7, 11) is 6.47. The highest BCUT2D eigenvalue weighted by Gasteiger charge is 2.34. The Balaban J connectivity index is 0.000000589. The minimum Gasteiger partial charge on any atom is -1.00 e. The molecule has 0 aliphatic heterocycles. The van der Waals surface area contributed by atoms with Crippen molar-refractivity contribution in [3.63, 3.8) is 0 Å². The molecule has 0 atom stereocenters. The number of rotatable bonds is 0. The average Bonchev–Trinajstić information content (AvgIpc) is 3.50. The van der Waals surface area contributed by atoms with E-state index in [2.05, 4.69) is 121 Å². The van der Waals surface area contributed by atoms with Crippen LogP contribution >= 0.6 is 0 Å². The molecule has 0 aliphatic rings. The lowest BCUT2D eigenvalue weighted by Gasteiger charge is -1.98. The summed E-state index contributed by atoms with van der Waals surface area (Å²) >= 11 is 0. The van der Waals surface area contributed by atoms with Crippen molar-refractivity contribution in [1.82, 2.24) is 13.2 Å². The first kappa shape index (κ1) is 39.1. The van der Waals surface area contributed by atoms with Crippen LogP contribution in [-0.2, 0) is 35.5 Å². The van der Waals surface area contributed by atoms with Crippen LogP contribution in [-0.4, -0.2) is 41.1 Å². The van der Waals surface area contributed by atoms with E-state index < -0.39 is 11.9 Å². The number of carbonyl (C=O) groups excluding carboxylic acids is 1. The molecule has 0 unspecified atom stereocenters. The zero-order valence-corrected chi connectivity index (χ0v) is 30.6. The third-order valence-corrected chi connectivity index (χ3v) is 6.55. The van der Waals surface area contributed by atoms with Gasteiger partial charge in [-0.15, -0.1) is 13.2 Å². The van der Waals surface area contributed by atoms with Crippen molar-refractivity contribution in [3.8, 4) is 0 Å². The number of carboxylic acids is 2. The molecule has 0 radical (unpaired) electrons. The smallest absolute Gasteiger partial charge is 0.385 e. The van der Waals surface area contributed by atoms with Crippen molar-refractivity contribution in [3.05, 3.63) is 72.8 Å². The first-order valence-corrected chi connectivity index (χ1v) is 13.2. The van der Waals surface area contributed by atoms with Gasteiger partial charge >= 0.3 is 17.3 Å². The Morgan fingerprint density at radius 3 is 0.867 bits per heavy atom. The van der Waals surface area contributed by atoms with Gasteiger partial charge in [-0.05, 0) is 50.2 Å². The summed E-state index contributed by atoms with van der Waals surface area (Å²) in [4.78, 5) is 27.4. The third kappa shape index (κ3) is 7.34. The fraction of sp³-hybridized carbons (Fsp3) is 0.226. The number of para-hydroxylation sites is 6. The number of aliphatic carboxylic acids is 2. The average molecular weight is 811 g/mol. The van der Waals surface area contributed by atoms with Crippen molar-refractivity contribution in [2.45, 2.75) is 27.7 Å². The summed E-state index contributed by atoms with van der Waals surface area (Å²) in [5.74, 6) is 1.90. The molecule has 0 spiro atoms. The molecule has 2 N–H and O–H groups in total. The second kappa shape index (κ2) is 15.9. The Bertz CT molecular complexity index is 1880. The van der Waals surface area contributed by atoms with Crippen molar-refractivity contribution in [1.29, 1.82) is 0 Å². The van der Waals surface area contributed by atoms with Crippen LogP contribution in [0.1, 0.15) is 27.7 Å². The van der Waals surface area contributed by atoms with Crippen LogP contribution in [0.25, 0.3) is 50.4 Å². The lowest BCUT2D eigenvalue weighted by molar-refractivity contribution is -0.632. The number of ketones is 1. The van der Waals surface area contributed by atoms with Crippen molar-refractivity contribution in [2.24, 2.45) is 21.1 Å². The van der Waals surface area contributed by atoms with Crippen LogP contribution < -0.4 is 64.6 Å². The SMILES string of the molecule is CC(=O)O.CC(=O)O.CC(C)=O.C[n+]1c2ccccc2n2c1n1c3ccccc3[n+](C)c1n1c3ccccc3[n+](C)c21.[Br-].[Br-].[Br-]. The number of carbonyl (C=O) groups is 3. The molecule has 11 nitrogen and oxygen atoms in total. The number of imidazole rings is 3. The molecular formula is C31H35Br3N6O5. The predicted octanol–water partition coefficient (Wildman–Crippen LogP) is -5.83. The number of hydrogen-bond acceptors (Lipinski definition) is 3. The highest BCUT2D eigenvalue weighted by Crippen LogP contribution is 2.25. The van der Waals surface area contributed by atoms with Gasteiger partial charge in [-0.25, -0.2) is 13.7 Å². The summed E-state index contributed by atoms with van der Waals surface area (Å²) in [6.07, 6.45) is 0. The Morgan fingerprint density at radius 2 is 0.667 bits per heavy atom. The normalized spacial score (nSPS) is 10.0. The predicted molar refractivity (Wildman–Crippen MR) is 158 cm³/mol. The van der Waals surface area contributed by atoms with Gasteiger partial charge in [-0.3, -0.25) is 9.59 Å². The number of hydrogen-bond donors (Lipinski definition) is 2. The molecule has 7 rings (SSSR count). The zero-order chi connectivity index (χ0) is 30.9. The van der Waals surface area contributed by atoms with Crippen LogP contribution in [0.2, 0.25) is 0 Å². The van der Waals surface area contributed by atoms with E-state index in [9.17, 15) is 4.79 Å². The lowest BCUT2D eigenvalue weighted by atomic mass is 10.3. The van der Waals surface area contributed by atoms with Gasteiger partial charge in [0.05, 0.1) is 21.1 Å². The van der Waals surface area contributed by atoms with Gasteiger partial charge in [0.1, 0.15) is 22.3 Å². The molecule has 240 valence electrons. The molecule has 0 amide bonds. The summed E-state index contributed by atoms with van der Waals surface area (Å²) in [6, 6.07) is 25.9. The van der Waals surface area contributed by atoms with E-state index in [0.717, 1.165) is 31.2 Å². The summed E-state index contributed by atoms with van der Waals surface area (Å²) in [5, 5.41) is 14.8. The number of fused-ring (bicyclic) bond motifs is 12. The summed E-state index contributed by atoms with van der Waals surface area (Å²) in [5.41, 5.74) is 7.20. The van der Waals surface area contributed by atoms with Crippen molar-refractivity contribution >= 4 is 68.2 Å². The van der Waals surface area contributed by atoms with Gasteiger partial charge in [0.2, 0.25) is 0 Å². The van der Waals surface area contributed by atoms with E-state index in [0.29, 0.717) is 0 Å². The quantitative estimate of drug-likeness (QED) is 0.148. The molecule has 3 aromatic carbocycles. The minimum absolute atomic E-state index is 0. The van der Waals surface area contributed by atoms with Crippen LogP contribution in [0.5, 0.6) is 0 Å². The Labute approximate surface area is 290 Å². The number of aryl methyl sites for hydroxylation is 3. The van der Waals surface area contributed by atoms with Gasteiger partial charge in [0, 0.05) is 13.8 Å². The second-order valence-corrected chi connectivity index (χ2v) is 10.00. The fourth-order valence-corrected chi connectivity index (χ4v) is 5.25. The van der Waals surface area contributed by atoms with Crippen molar-refractivity contribution < 1.29 is 89.2 Å². The van der Waals surface area contributed by atoms with Gasteiger partial charge in [-0.2, -0.15) is 0 Å². The Morgan fingerprint density at radius 1 is 0.489 bits per heavy atom. The minimum atomic E-state index is -0.833. The topological polar surface area (TPSA) is 117 Å². The zero-order valence-electron chi connectivity index (χ0n) is 25.9. The van der Waals surface area contributed by atoms with Crippen LogP contribution in [0.4, 0.5) is 0 Å².